The van der Waals surface area contributed by atoms with Gasteiger partial charge in [-0.15, -0.1) is 0 Å². The molecule has 0 fully saturated rings. The van der Waals surface area contributed by atoms with E-state index in [1.807, 2.05) is 0 Å². The Morgan fingerprint density at radius 2 is 1.47 bits per heavy atom. The molecular weight excluding hydrogens is 212 g/mol. The van der Waals surface area contributed by atoms with Gasteiger partial charge < -0.3 is 16.2 Å². The van der Waals surface area contributed by atoms with Crippen molar-refractivity contribution in [3.8, 4) is 0 Å². The van der Waals surface area contributed by atoms with Crippen LogP contribution >= 0.6 is 0 Å². The molecule has 3 heteroatoms. The summed E-state index contributed by atoms with van der Waals surface area (Å²) in [4.78, 5) is 0. The molecule has 0 atom stereocenters. The second-order valence-electron chi connectivity index (χ2n) is 6.30. The second-order valence-corrected chi connectivity index (χ2v) is 6.30. The third-order valence-electron chi connectivity index (χ3n) is 2.94. The van der Waals surface area contributed by atoms with E-state index in [1.165, 1.54) is 0 Å². The smallest absolute Gasteiger partial charge is 0.0626 e. The molecule has 0 rings (SSSR count). The van der Waals surface area contributed by atoms with Crippen LogP contribution in [0.1, 0.15) is 66.2 Å². The average molecular weight is 244 g/mol. The zero-order chi connectivity index (χ0) is 13.4. The fourth-order valence-electron chi connectivity index (χ4n) is 1.80. The SMILES string of the molecule is CC(C)(N)CCCCOC(C)(C)CCCCN. The zero-order valence-electron chi connectivity index (χ0n) is 12.2. The summed E-state index contributed by atoms with van der Waals surface area (Å²) in [6, 6.07) is 0. The summed E-state index contributed by atoms with van der Waals surface area (Å²) in [5.74, 6) is 0. The predicted octanol–water partition coefficient (Wildman–Crippen LogP) is 2.82. The molecule has 0 aromatic heterocycles. The normalized spacial score (nSPS) is 13.1. The van der Waals surface area contributed by atoms with E-state index in [2.05, 4.69) is 27.7 Å². The highest BCUT2D eigenvalue weighted by atomic mass is 16.5. The van der Waals surface area contributed by atoms with E-state index in [1.54, 1.807) is 0 Å². The Kier molecular flexibility index (Phi) is 8.01. The molecular formula is C14H32N2O. The van der Waals surface area contributed by atoms with Crippen LogP contribution in [0.25, 0.3) is 0 Å². The first-order chi connectivity index (χ1) is 7.77. The first kappa shape index (κ1) is 16.9. The molecule has 0 bridgehead atoms. The van der Waals surface area contributed by atoms with Gasteiger partial charge in [0, 0.05) is 12.1 Å². The van der Waals surface area contributed by atoms with Crippen LogP contribution in [0.2, 0.25) is 0 Å². The molecule has 104 valence electrons. The van der Waals surface area contributed by atoms with Crippen LogP contribution < -0.4 is 11.5 Å². The van der Waals surface area contributed by atoms with Crippen LogP contribution in [0, 0.1) is 0 Å². The molecule has 3 nitrogen and oxygen atoms in total. The van der Waals surface area contributed by atoms with Gasteiger partial charge in [0.15, 0.2) is 0 Å². The van der Waals surface area contributed by atoms with Crippen molar-refractivity contribution in [1.29, 1.82) is 0 Å². The summed E-state index contributed by atoms with van der Waals surface area (Å²) >= 11 is 0. The minimum Gasteiger partial charge on any atom is -0.376 e. The van der Waals surface area contributed by atoms with Gasteiger partial charge in [0.05, 0.1) is 5.60 Å². The van der Waals surface area contributed by atoms with E-state index in [9.17, 15) is 0 Å². The van der Waals surface area contributed by atoms with Gasteiger partial charge in [0.2, 0.25) is 0 Å². The summed E-state index contributed by atoms with van der Waals surface area (Å²) < 4.78 is 5.91. The summed E-state index contributed by atoms with van der Waals surface area (Å²) in [6.45, 7) is 10.1. The predicted molar refractivity (Wildman–Crippen MR) is 75.1 cm³/mol. The summed E-state index contributed by atoms with van der Waals surface area (Å²) in [6.07, 6.45) is 6.63. The van der Waals surface area contributed by atoms with E-state index >= 15 is 0 Å². The van der Waals surface area contributed by atoms with Gasteiger partial charge >= 0.3 is 0 Å². The maximum absolute atomic E-state index is 5.93. The van der Waals surface area contributed by atoms with Crippen molar-refractivity contribution in [2.75, 3.05) is 13.2 Å². The fourth-order valence-corrected chi connectivity index (χ4v) is 1.80. The quantitative estimate of drug-likeness (QED) is 0.581. The third-order valence-corrected chi connectivity index (χ3v) is 2.94. The molecule has 0 aliphatic carbocycles. The lowest BCUT2D eigenvalue weighted by atomic mass is 9.99. The van der Waals surface area contributed by atoms with Crippen molar-refractivity contribution in [2.24, 2.45) is 11.5 Å². The van der Waals surface area contributed by atoms with Crippen molar-refractivity contribution in [3.05, 3.63) is 0 Å². The molecule has 0 heterocycles. The Balaban J connectivity index is 3.51. The van der Waals surface area contributed by atoms with Crippen molar-refractivity contribution < 1.29 is 4.74 Å². The molecule has 0 saturated heterocycles. The Morgan fingerprint density at radius 1 is 0.882 bits per heavy atom. The van der Waals surface area contributed by atoms with Gasteiger partial charge in [0.25, 0.3) is 0 Å². The van der Waals surface area contributed by atoms with Gasteiger partial charge in [-0.05, 0) is 72.8 Å². The number of rotatable bonds is 10. The number of hydrogen-bond donors (Lipinski definition) is 2. The third kappa shape index (κ3) is 12.1. The summed E-state index contributed by atoms with van der Waals surface area (Å²) in [5, 5.41) is 0. The highest BCUT2D eigenvalue weighted by molar-refractivity contribution is 4.72. The molecule has 0 aliphatic heterocycles. The molecule has 17 heavy (non-hydrogen) atoms. The second kappa shape index (κ2) is 8.06. The lowest BCUT2D eigenvalue weighted by molar-refractivity contribution is -0.0267. The van der Waals surface area contributed by atoms with E-state index in [0.29, 0.717) is 0 Å². The molecule has 0 unspecified atom stereocenters. The Morgan fingerprint density at radius 3 is 2.00 bits per heavy atom. The van der Waals surface area contributed by atoms with Crippen molar-refractivity contribution in [2.45, 2.75) is 77.4 Å². The summed E-state index contributed by atoms with van der Waals surface area (Å²) in [7, 11) is 0. The van der Waals surface area contributed by atoms with Crippen LogP contribution in [0.15, 0.2) is 0 Å². The van der Waals surface area contributed by atoms with Gasteiger partial charge in [0.1, 0.15) is 0 Å². The molecule has 0 aliphatic rings. The van der Waals surface area contributed by atoms with Gasteiger partial charge in [-0.2, -0.15) is 0 Å². The van der Waals surface area contributed by atoms with E-state index in [4.69, 9.17) is 16.2 Å². The van der Waals surface area contributed by atoms with Crippen LogP contribution in [0.3, 0.4) is 0 Å². The van der Waals surface area contributed by atoms with Gasteiger partial charge in [-0.25, -0.2) is 0 Å². The molecule has 0 spiro atoms. The van der Waals surface area contributed by atoms with E-state index < -0.39 is 0 Å². The van der Waals surface area contributed by atoms with Crippen molar-refractivity contribution in [3.63, 3.8) is 0 Å². The fraction of sp³-hybridized carbons (Fsp3) is 1.00. The maximum Gasteiger partial charge on any atom is 0.0626 e. The van der Waals surface area contributed by atoms with Crippen LogP contribution in [-0.4, -0.2) is 24.3 Å². The first-order valence-electron chi connectivity index (χ1n) is 6.90. The Hall–Kier alpha value is -0.120. The molecule has 0 aromatic carbocycles. The van der Waals surface area contributed by atoms with Crippen molar-refractivity contribution in [1.82, 2.24) is 0 Å². The highest BCUT2D eigenvalue weighted by Crippen LogP contribution is 2.18. The monoisotopic (exact) mass is 244 g/mol. The number of ether oxygens (including phenoxy) is 1. The zero-order valence-corrected chi connectivity index (χ0v) is 12.2. The lowest BCUT2D eigenvalue weighted by Crippen LogP contribution is -2.31. The largest absolute Gasteiger partial charge is 0.376 e. The number of nitrogens with two attached hydrogens (primary N) is 2. The molecule has 4 N–H and O–H groups in total. The van der Waals surface area contributed by atoms with Crippen molar-refractivity contribution >= 4 is 0 Å². The molecule has 0 aromatic rings. The van der Waals surface area contributed by atoms with Crippen LogP contribution in [0.4, 0.5) is 0 Å². The van der Waals surface area contributed by atoms with Gasteiger partial charge in [-0.3, -0.25) is 0 Å². The average Bonchev–Trinajstić information content (AvgIpc) is 2.15. The Labute approximate surface area is 107 Å². The number of unbranched alkanes of at least 4 members (excludes halogenated alkanes) is 2. The molecule has 0 amide bonds. The standard InChI is InChI=1S/C14H32N2O/c1-13(2,16)9-6-8-12-17-14(3,4)10-5-7-11-15/h5-12,15-16H2,1-4H3. The minimum absolute atomic E-state index is 0.00655. The molecule has 0 radical (unpaired) electrons. The van der Waals surface area contributed by atoms with E-state index in [-0.39, 0.29) is 11.1 Å². The highest BCUT2D eigenvalue weighted by Gasteiger charge is 2.17. The van der Waals surface area contributed by atoms with E-state index in [0.717, 1.165) is 51.7 Å². The number of hydrogen-bond acceptors (Lipinski definition) is 3. The van der Waals surface area contributed by atoms with Crippen LogP contribution in [-0.2, 0) is 4.74 Å². The van der Waals surface area contributed by atoms with Crippen LogP contribution in [0.5, 0.6) is 0 Å². The molecule has 0 saturated carbocycles. The summed E-state index contributed by atoms with van der Waals surface area (Å²) in [5.41, 5.74) is 11.4. The topological polar surface area (TPSA) is 61.3 Å². The Bertz CT molecular complexity index is 185. The first-order valence-corrected chi connectivity index (χ1v) is 6.90. The maximum atomic E-state index is 5.93. The lowest BCUT2D eigenvalue weighted by Gasteiger charge is -2.26. The minimum atomic E-state index is -0.0450. The van der Waals surface area contributed by atoms with Gasteiger partial charge in [-0.1, -0.05) is 0 Å².